The maximum Gasteiger partial charge on any atom is 0.172 e. The van der Waals surface area contributed by atoms with Crippen molar-refractivity contribution in [3.05, 3.63) is 52.6 Å². The van der Waals surface area contributed by atoms with Crippen LogP contribution < -0.4 is 10.6 Å². The molecule has 0 fully saturated rings. The summed E-state index contributed by atoms with van der Waals surface area (Å²) < 4.78 is 13.4. The number of nitrogens with one attached hydrogen (secondary N) is 2. The molecule has 98 valence electrons. The van der Waals surface area contributed by atoms with Crippen molar-refractivity contribution in [2.24, 2.45) is 0 Å². The van der Waals surface area contributed by atoms with E-state index < -0.39 is 0 Å². The maximum atomic E-state index is 12.7. The smallest absolute Gasteiger partial charge is 0.172 e. The predicted molar refractivity (Wildman–Crippen MR) is 79.2 cm³/mol. The molecular formula is C12H10BrFN4S. The Morgan fingerprint density at radius 1 is 1.21 bits per heavy atom. The number of anilines is 1. The Morgan fingerprint density at radius 3 is 2.58 bits per heavy atom. The molecule has 1 aromatic heterocycles. The largest absolute Gasteiger partial charge is 0.358 e. The topological polar surface area (TPSA) is 49.8 Å². The van der Waals surface area contributed by atoms with E-state index in [1.54, 1.807) is 24.5 Å². The van der Waals surface area contributed by atoms with Crippen LogP contribution in [0, 0.1) is 5.82 Å². The molecule has 1 aromatic carbocycles. The molecule has 0 saturated heterocycles. The van der Waals surface area contributed by atoms with Crippen LogP contribution in [0.3, 0.4) is 0 Å². The second kappa shape index (κ2) is 6.53. The van der Waals surface area contributed by atoms with Crippen LogP contribution in [0.4, 0.5) is 10.2 Å². The van der Waals surface area contributed by atoms with Gasteiger partial charge in [-0.25, -0.2) is 14.4 Å². The highest BCUT2D eigenvalue weighted by Crippen LogP contribution is 2.06. The summed E-state index contributed by atoms with van der Waals surface area (Å²) in [7, 11) is 0. The third kappa shape index (κ3) is 4.53. The van der Waals surface area contributed by atoms with Crippen molar-refractivity contribution in [3.8, 4) is 0 Å². The van der Waals surface area contributed by atoms with E-state index in [0.717, 1.165) is 5.56 Å². The van der Waals surface area contributed by atoms with Crippen LogP contribution >= 0.6 is 28.1 Å². The molecular weight excluding hydrogens is 331 g/mol. The number of benzene rings is 1. The minimum atomic E-state index is -0.255. The second-order valence-electron chi connectivity index (χ2n) is 3.66. The summed E-state index contributed by atoms with van der Waals surface area (Å²) in [6.07, 6.45) is 3.14. The van der Waals surface area contributed by atoms with Crippen molar-refractivity contribution in [3.63, 3.8) is 0 Å². The maximum absolute atomic E-state index is 12.7. The molecule has 0 spiro atoms. The highest BCUT2D eigenvalue weighted by molar-refractivity contribution is 9.10. The molecule has 2 rings (SSSR count). The molecule has 0 aliphatic heterocycles. The molecule has 1 heterocycles. The van der Waals surface area contributed by atoms with E-state index in [2.05, 4.69) is 36.5 Å². The fourth-order valence-corrected chi connectivity index (χ4v) is 1.70. The highest BCUT2D eigenvalue weighted by Gasteiger charge is 2.00. The van der Waals surface area contributed by atoms with Crippen molar-refractivity contribution in [2.45, 2.75) is 6.54 Å². The summed E-state index contributed by atoms with van der Waals surface area (Å²) in [5.74, 6) is 0.300. The van der Waals surface area contributed by atoms with Crippen molar-refractivity contribution in [1.29, 1.82) is 0 Å². The monoisotopic (exact) mass is 340 g/mol. The SMILES string of the molecule is Fc1ccc(CNC(=S)Nc2cnc(Br)cn2)cc1. The van der Waals surface area contributed by atoms with Gasteiger partial charge in [-0.05, 0) is 45.8 Å². The zero-order chi connectivity index (χ0) is 13.7. The Hall–Kier alpha value is -1.60. The van der Waals surface area contributed by atoms with E-state index in [0.29, 0.717) is 22.1 Å². The molecule has 0 amide bonds. The standard InChI is InChI=1S/C12H10BrFN4S/c13-10-6-16-11(7-15-10)18-12(19)17-5-8-1-3-9(14)4-2-8/h1-4,6-7H,5H2,(H2,16,17,18,19). The number of hydrogen-bond donors (Lipinski definition) is 2. The van der Waals surface area contributed by atoms with Crippen molar-refractivity contribution < 1.29 is 4.39 Å². The molecule has 7 heteroatoms. The van der Waals surface area contributed by atoms with Gasteiger partial charge in [-0.3, -0.25) is 0 Å². The van der Waals surface area contributed by atoms with Crippen LogP contribution in [0.1, 0.15) is 5.56 Å². The average Bonchev–Trinajstić information content (AvgIpc) is 2.41. The van der Waals surface area contributed by atoms with Crippen LogP contribution in [0.15, 0.2) is 41.3 Å². The lowest BCUT2D eigenvalue weighted by molar-refractivity contribution is 0.627. The van der Waals surface area contributed by atoms with Gasteiger partial charge in [-0.1, -0.05) is 12.1 Å². The van der Waals surface area contributed by atoms with Gasteiger partial charge in [-0.2, -0.15) is 0 Å². The molecule has 19 heavy (non-hydrogen) atoms. The Balaban J connectivity index is 1.84. The highest BCUT2D eigenvalue weighted by atomic mass is 79.9. The molecule has 0 saturated carbocycles. The molecule has 0 bridgehead atoms. The number of hydrogen-bond acceptors (Lipinski definition) is 3. The van der Waals surface area contributed by atoms with Crippen molar-refractivity contribution in [1.82, 2.24) is 15.3 Å². The molecule has 0 aliphatic carbocycles. The zero-order valence-corrected chi connectivity index (χ0v) is 12.1. The number of rotatable bonds is 3. The van der Waals surface area contributed by atoms with Gasteiger partial charge in [0.15, 0.2) is 10.9 Å². The van der Waals surface area contributed by atoms with Gasteiger partial charge < -0.3 is 10.6 Å². The van der Waals surface area contributed by atoms with Gasteiger partial charge in [-0.15, -0.1) is 0 Å². The van der Waals surface area contributed by atoms with Gasteiger partial charge in [0, 0.05) is 6.54 Å². The fraction of sp³-hybridized carbons (Fsp3) is 0.0833. The molecule has 2 aromatic rings. The molecule has 0 unspecified atom stereocenters. The van der Waals surface area contributed by atoms with Gasteiger partial charge in [0.1, 0.15) is 10.4 Å². The minimum Gasteiger partial charge on any atom is -0.358 e. The lowest BCUT2D eigenvalue weighted by Gasteiger charge is -2.09. The van der Waals surface area contributed by atoms with E-state index in [9.17, 15) is 4.39 Å². The van der Waals surface area contributed by atoms with Gasteiger partial charge in [0.2, 0.25) is 0 Å². The number of nitrogens with zero attached hydrogens (tertiary/aromatic N) is 2. The number of aromatic nitrogens is 2. The van der Waals surface area contributed by atoms with Crippen LogP contribution in [0.2, 0.25) is 0 Å². The van der Waals surface area contributed by atoms with E-state index in [4.69, 9.17) is 12.2 Å². The summed E-state index contributed by atoms with van der Waals surface area (Å²) in [6.45, 7) is 0.510. The molecule has 0 atom stereocenters. The summed E-state index contributed by atoms with van der Waals surface area (Å²) in [5.41, 5.74) is 0.937. The van der Waals surface area contributed by atoms with Gasteiger partial charge in [0.25, 0.3) is 0 Å². The Labute approximate surface area is 123 Å². The van der Waals surface area contributed by atoms with E-state index in [1.165, 1.54) is 12.1 Å². The lowest BCUT2D eigenvalue weighted by Crippen LogP contribution is -2.28. The van der Waals surface area contributed by atoms with Crippen molar-refractivity contribution in [2.75, 3.05) is 5.32 Å². The molecule has 4 nitrogen and oxygen atoms in total. The zero-order valence-electron chi connectivity index (χ0n) is 9.73. The summed E-state index contributed by atoms with van der Waals surface area (Å²) in [6, 6.07) is 6.22. The van der Waals surface area contributed by atoms with Gasteiger partial charge >= 0.3 is 0 Å². The predicted octanol–water partition coefficient (Wildman–Crippen LogP) is 2.86. The van der Waals surface area contributed by atoms with Crippen molar-refractivity contribution >= 4 is 39.1 Å². The van der Waals surface area contributed by atoms with Gasteiger partial charge in [0.05, 0.1) is 12.4 Å². The Kier molecular flexibility index (Phi) is 4.75. The second-order valence-corrected chi connectivity index (χ2v) is 4.88. The summed E-state index contributed by atoms with van der Waals surface area (Å²) >= 11 is 8.32. The first kappa shape index (κ1) is 13.8. The van der Waals surface area contributed by atoms with Crippen LogP contribution in [0.25, 0.3) is 0 Å². The first-order chi connectivity index (χ1) is 9.13. The normalized spacial score (nSPS) is 10.0. The van der Waals surface area contributed by atoms with Crippen LogP contribution in [0.5, 0.6) is 0 Å². The first-order valence-corrected chi connectivity index (χ1v) is 6.60. The third-order valence-corrected chi connectivity index (χ3v) is 2.88. The average molecular weight is 341 g/mol. The summed E-state index contributed by atoms with van der Waals surface area (Å²) in [4.78, 5) is 8.11. The summed E-state index contributed by atoms with van der Waals surface area (Å²) in [5, 5.41) is 6.33. The number of halogens is 2. The quantitative estimate of drug-likeness (QED) is 0.841. The van der Waals surface area contributed by atoms with Crippen LogP contribution in [-0.2, 0) is 6.54 Å². The third-order valence-electron chi connectivity index (χ3n) is 2.23. The lowest BCUT2D eigenvalue weighted by atomic mass is 10.2. The van der Waals surface area contributed by atoms with E-state index in [1.807, 2.05) is 0 Å². The van der Waals surface area contributed by atoms with E-state index >= 15 is 0 Å². The Morgan fingerprint density at radius 2 is 1.95 bits per heavy atom. The molecule has 0 aliphatic rings. The fourth-order valence-electron chi connectivity index (χ4n) is 1.32. The number of thiocarbonyl (C=S) groups is 1. The first-order valence-electron chi connectivity index (χ1n) is 5.40. The Bertz CT molecular complexity index is 559. The minimum absolute atomic E-state index is 0.255. The molecule has 0 radical (unpaired) electrons. The van der Waals surface area contributed by atoms with Crippen LogP contribution in [-0.4, -0.2) is 15.1 Å². The molecule has 2 N–H and O–H groups in total. The van der Waals surface area contributed by atoms with E-state index in [-0.39, 0.29) is 5.82 Å².